The average Bonchev–Trinajstić information content (AvgIpc) is 2.24. The van der Waals surface area contributed by atoms with Crippen molar-refractivity contribution in [3.8, 4) is 17.2 Å². The van der Waals surface area contributed by atoms with Crippen LogP contribution in [0.15, 0.2) is 47.2 Å². The molecule has 0 spiro atoms. The van der Waals surface area contributed by atoms with Crippen molar-refractivity contribution in [2.75, 3.05) is 0 Å². The standard InChI is InChI=1S/C11H8BrNO2/c12-9-6-8(14)7-10(11(9)15)13-4-2-1-3-5-13/h1-7H,(H-,14,15)/p+1. The predicted molar refractivity (Wildman–Crippen MR) is 59.0 cm³/mol. The molecule has 0 amide bonds. The van der Waals surface area contributed by atoms with E-state index in [1.807, 2.05) is 18.2 Å². The lowest BCUT2D eigenvalue weighted by molar-refractivity contribution is -0.596. The Morgan fingerprint density at radius 3 is 2.33 bits per heavy atom. The third-order valence-corrected chi connectivity index (χ3v) is 2.63. The van der Waals surface area contributed by atoms with Crippen LogP contribution >= 0.6 is 15.9 Å². The van der Waals surface area contributed by atoms with Gasteiger partial charge in [0.2, 0.25) is 5.75 Å². The molecule has 0 unspecified atom stereocenters. The molecule has 0 atom stereocenters. The fourth-order valence-corrected chi connectivity index (χ4v) is 1.76. The number of hydrogen-bond donors (Lipinski definition) is 2. The summed E-state index contributed by atoms with van der Waals surface area (Å²) in [6, 6.07) is 8.52. The zero-order valence-corrected chi connectivity index (χ0v) is 9.35. The summed E-state index contributed by atoms with van der Waals surface area (Å²) in [5, 5.41) is 19.2. The molecule has 4 heteroatoms. The zero-order valence-electron chi connectivity index (χ0n) is 7.76. The molecule has 1 aromatic carbocycles. The lowest BCUT2D eigenvalue weighted by atomic mass is 10.2. The second-order valence-electron chi connectivity index (χ2n) is 3.08. The van der Waals surface area contributed by atoms with Crippen LogP contribution in [-0.4, -0.2) is 10.2 Å². The third kappa shape index (κ3) is 1.94. The fraction of sp³-hybridized carbons (Fsp3) is 0. The van der Waals surface area contributed by atoms with E-state index in [4.69, 9.17) is 0 Å². The number of benzene rings is 1. The van der Waals surface area contributed by atoms with Crippen LogP contribution in [0.2, 0.25) is 0 Å². The fourth-order valence-electron chi connectivity index (χ4n) is 1.33. The first-order valence-corrected chi connectivity index (χ1v) is 5.16. The number of hydrogen-bond acceptors (Lipinski definition) is 2. The maximum atomic E-state index is 9.80. The van der Waals surface area contributed by atoms with Crippen LogP contribution in [0, 0.1) is 0 Å². The Hall–Kier alpha value is -1.55. The molecule has 0 saturated carbocycles. The average molecular weight is 267 g/mol. The molecule has 0 aliphatic rings. The van der Waals surface area contributed by atoms with Crippen LogP contribution < -0.4 is 4.57 Å². The van der Waals surface area contributed by atoms with Gasteiger partial charge >= 0.3 is 0 Å². The van der Waals surface area contributed by atoms with Crippen molar-refractivity contribution < 1.29 is 14.8 Å². The highest BCUT2D eigenvalue weighted by Crippen LogP contribution is 2.31. The summed E-state index contributed by atoms with van der Waals surface area (Å²) < 4.78 is 2.19. The van der Waals surface area contributed by atoms with Gasteiger partial charge in [-0.25, -0.2) is 0 Å². The van der Waals surface area contributed by atoms with Crippen LogP contribution in [0.3, 0.4) is 0 Å². The number of rotatable bonds is 1. The van der Waals surface area contributed by atoms with E-state index in [9.17, 15) is 10.2 Å². The monoisotopic (exact) mass is 266 g/mol. The lowest BCUT2D eigenvalue weighted by Crippen LogP contribution is -2.28. The molecule has 3 nitrogen and oxygen atoms in total. The van der Waals surface area contributed by atoms with Gasteiger partial charge in [0.25, 0.3) is 5.69 Å². The Labute approximate surface area is 95.4 Å². The Balaban J connectivity index is 2.63. The molecular weight excluding hydrogens is 258 g/mol. The second-order valence-corrected chi connectivity index (χ2v) is 3.93. The van der Waals surface area contributed by atoms with Crippen molar-refractivity contribution in [1.82, 2.24) is 0 Å². The minimum atomic E-state index is 0.101. The van der Waals surface area contributed by atoms with E-state index in [2.05, 4.69) is 15.9 Å². The van der Waals surface area contributed by atoms with Crippen molar-refractivity contribution in [3.63, 3.8) is 0 Å². The lowest BCUT2D eigenvalue weighted by Gasteiger charge is -2.01. The van der Waals surface area contributed by atoms with Gasteiger partial charge in [0, 0.05) is 12.1 Å². The first-order chi connectivity index (χ1) is 7.18. The van der Waals surface area contributed by atoms with Gasteiger partial charge in [-0.15, -0.1) is 0 Å². The highest BCUT2D eigenvalue weighted by Gasteiger charge is 2.15. The zero-order chi connectivity index (χ0) is 10.8. The summed E-state index contributed by atoms with van der Waals surface area (Å²) in [5.41, 5.74) is 0.530. The third-order valence-electron chi connectivity index (χ3n) is 2.02. The molecule has 76 valence electrons. The Kier molecular flexibility index (Phi) is 2.60. The summed E-state index contributed by atoms with van der Waals surface area (Å²) in [5.74, 6) is 0.204. The minimum Gasteiger partial charge on any atom is -0.508 e. The van der Waals surface area contributed by atoms with E-state index < -0.39 is 0 Å². The molecule has 0 bridgehead atoms. The van der Waals surface area contributed by atoms with Crippen LogP contribution in [0.5, 0.6) is 11.5 Å². The van der Waals surface area contributed by atoms with Crippen LogP contribution in [0.1, 0.15) is 0 Å². The molecule has 2 N–H and O–H groups in total. The van der Waals surface area contributed by atoms with Crippen molar-refractivity contribution in [2.45, 2.75) is 0 Å². The highest BCUT2D eigenvalue weighted by atomic mass is 79.9. The summed E-state index contributed by atoms with van der Waals surface area (Å²) in [7, 11) is 0. The van der Waals surface area contributed by atoms with Crippen molar-refractivity contribution in [1.29, 1.82) is 0 Å². The molecule has 0 aliphatic heterocycles. The van der Waals surface area contributed by atoms with Gasteiger partial charge in [0.05, 0.1) is 10.5 Å². The van der Waals surface area contributed by atoms with E-state index in [0.717, 1.165) is 0 Å². The Morgan fingerprint density at radius 1 is 1.00 bits per heavy atom. The SMILES string of the molecule is Oc1cc(Br)c(O)c(-[n+]2ccccc2)c1. The molecule has 0 aliphatic carbocycles. The number of phenols is 2. The summed E-state index contributed by atoms with van der Waals surface area (Å²) in [6.07, 6.45) is 3.59. The minimum absolute atomic E-state index is 0.101. The topological polar surface area (TPSA) is 44.3 Å². The van der Waals surface area contributed by atoms with Crippen LogP contribution in [0.4, 0.5) is 0 Å². The number of pyridine rings is 1. The molecule has 2 aromatic rings. The van der Waals surface area contributed by atoms with Gasteiger partial charge in [-0.1, -0.05) is 6.07 Å². The maximum Gasteiger partial charge on any atom is 0.257 e. The quantitative estimate of drug-likeness (QED) is 0.614. The number of phenolic OH excluding ortho intramolecular Hbond substituents is 2. The first kappa shape index (κ1) is 9.98. The van der Waals surface area contributed by atoms with E-state index in [1.54, 1.807) is 17.0 Å². The Morgan fingerprint density at radius 2 is 1.67 bits per heavy atom. The van der Waals surface area contributed by atoms with Gasteiger partial charge in [-0.05, 0) is 22.0 Å². The molecule has 1 aromatic heterocycles. The van der Waals surface area contributed by atoms with Gasteiger partial charge in [0.15, 0.2) is 12.4 Å². The smallest absolute Gasteiger partial charge is 0.257 e. The van der Waals surface area contributed by atoms with Crippen molar-refractivity contribution in [2.24, 2.45) is 0 Å². The van der Waals surface area contributed by atoms with E-state index in [-0.39, 0.29) is 11.5 Å². The number of aromatic nitrogens is 1. The molecule has 0 saturated heterocycles. The van der Waals surface area contributed by atoms with E-state index in [1.165, 1.54) is 12.1 Å². The van der Waals surface area contributed by atoms with E-state index in [0.29, 0.717) is 10.2 Å². The number of halogens is 1. The maximum absolute atomic E-state index is 9.80. The molecular formula is C11H9BrNO2+. The molecule has 2 rings (SSSR count). The largest absolute Gasteiger partial charge is 0.508 e. The molecule has 0 radical (unpaired) electrons. The normalized spacial score (nSPS) is 10.2. The Bertz CT molecular complexity index is 485. The van der Waals surface area contributed by atoms with Gasteiger partial charge in [0.1, 0.15) is 5.75 Å². The van der Waals surface area contributed by atoms with E-state index >= 15 is 0 Å². The van der Waals surface area contributed by atoms with Gasteiger partial charge < -0.3 is 10.2 Å². The second kappa shape index (κ2) is 3.90. The molecule has 0 fully saturated rings. The van der Waals surface area contributed by atoms with Crippen LogP contribution in [-0.2, 0) is 0 Å². The highest BCUT2D eigenvalue weighted by molar-refractivity contribution is 9.10. The molecule has 1 heterocycles. The van der Waals surface area contributed by atoms with Crippen LogP contribution in [0.25, 0.3) is 5.69 Å². The van der Waals surface area contributed by atoms with Gasteiger partial charge in [-0.2, -0.15) is 4.57 Å². The van der Waals surface area contributed by atoms with Gasteiger partial charge in [-0.3, -0.25) is 0 Å². The summed E-state index contributed by atoms with van der Waals surface area (Å²) >= 11 is 3.17. The summed E-state index contributed by atoms with van der Waals surface area (Å²) in [4.78, 5) is 0. The summed E-state index contributed by atoms with van der Waals surface area (Å²) in [6.45, 7) is 0. The molecule has 15 heavy (non-hydrogen) atoms. The van der Waals surface area contributed by atoms with Crippen molar-refractivity contribution >= 4 is 15.9 Å². The first-order valence-electron chi connectivity index (χ1n) is 4.36. The predicted octanol–water partition coefficient (Wildman–Crippen LogP) is 2.14. The number of nitrogens with zero attached hydrogens (tertiary/aromatic N) is 1. The number of aromatic hydroxyl groups is 2. The van der Waals surface area contributed by atoms with Crippen molar-refractivity contribution in [3.05, 3.63) is 47.2 Å².